The summed E-state index contributed by atoms with van der Waals surface area (Å²) < 4.78 is 7.40. The van der Waals surface area contributed by atoms with Crippen molar-refractivity contribution in [3.05, 3.63) is 89.2 Å². The van der Waals surface area contributed by atoms with Crippen molar-refractivity contribution in [2.24, 2.45) is 0 Å². The summed E-state index contributed by atoms with van der Waals surface area (Å²) in [6.07, 6.45) is 2.07. The van der Waals surface area contributed by atoms with E-state index in [9.17, 15) is 4.79 Å². The maximum atomic E-state index is 13.1. The number of nitrogens with zero attached hydrogens (tertiary/aromatic N) is 2. The molecule has 0 aliphatic carbocycles. The molecule has 0 aliphatic rings. The number of methoxy groups -OCH3 is 1. The van der Waals surface area contributed by atoms with Crippen LogP contribution in [0.1, 0.15) is 41.0 Å². The molecule has 3 aromatic rings. The number of carbonyl (C=O) groups is 1. The molecule has 0 N–H and O–H groups in total. The summed E-state index contributed by atoms with van der Waals surface area (Å²) in [7, 11) is 1.62. The third kappa shape index (κ3) is 4.63. The van der Waals surface area contributed by atoms with Gasteiger partial charge in [-0.05, 0) is 62.7 Å². The van der Waals surface area contributed by atoms with E-state index in [1.807, 2.05) is 35.2 Å². The molecule has 0 bridgehead atoms. The van der Waals surface area contributed by atoms with Crippen LogP contribution in [0.5, 0.6) is 5.75 Å². The second-order valence-electron chi connectivity index (χ2n) is 7.37. The zero-order valence-electron chi connectivity index (χ0n) is 17.1. The molecule has 1 amide bonds. The molecule has 1 heterocycles. The molecule has 0 aliphatic heterocycles. The predicted molar refractivity (Wildman–Crippen MR) is 113 cm³/mol. The van der Waals surface area contributed by atoms with Crippen molar-refractivity contribution in [3.63, 3.8) is 0 Å². The monoisotopic (exact) mass is 376 g/mol. The highest BCUT2D eigenvalue weighted by Gasteiger charge is 2.20. The number of hydrogen-bond donors (Lipinski definition) is 0. The highest BCUT2D eigenvalue weighted by Crippen LogP contribution is 2.18. The maximum absolute atomic E-state index is 13.1. The number of aryl methyl sites for hydroxylation is 1. The van der Waals surface area contributed by atoms with Crippen LogP contribution in [0, 0.1) is 6.92 Å². The van der Waals surface area contributed by atoms with Gasteiger partial charge in [0.05, 0.1) is 13.7 Å². The first-order valence-electron chi connectivity index (χ1n) is 9.62. The van der Waals surface area contributed by atoms with Crippen LogP contribution in [0.3, 0.4) is 0 Å². The normalized spacial score (nSPS) is 10.9. The SMILES string of the molecule is COc1ccc(C(=O)N(Cc2cccn2Cc2ccc(C)cc2)C(C)C)cc1. The first-order chi connectivity index (χ1) is 13.5. The van der Waals surface area contributed by atoms with E-state index < -0.39 is 0 Å². The number of rotatable bonds is 7. The number of aromatic nitrogens is 1. The predicted octanol–water partition coefficient (Wildman–Crippen LogP) is 4.90. The van der Waals surface area contributed by atoms with E-state index in [0.29, 0.717) is 12.1 Å². The third-order valence-corrected chi connectivity index (χ3v) is 4.95. The molecule has 0 fully saturated rings. The zero-order chi connectivity index (χ0) is 20.1. The summed E-state index contributed by atoms with van der Waals surface area (Å²) in [5.41, 5.74) is 4.30. The molecule has 1 aromatic heterocycles. The minimum atomic E-state index is 0.0285. The molecule has 0 atom stereocenters. The van der Waals surface area contributed by atoms with Gasteiger partial charge in [0, 0.05) is 30.0 Å². The molecule has 4 heteroatoms. The number of hydrogen-bond acceptors (Lipinski definition) is 2. The Balaban J connectivity index is 1.78. The van der Waals surface area contributed by atoms with Crippen LogP contribution < -0.4 is 4.74 Å². The molecule has 146 valence electrons. The fraction of sp³-hybridized carbons (Fsp3) is 0.292. The summed E-state index contributed by atoms with van der Waals surface area (Å²) in [5, 5.41) is 0. The number of benzene rings is 2. The van der Waals surface area contributed by atoms with Crippen LogP contribution in [0.15, 0.2) is 66.9 Å². The third-order valence-electron chi connectivity index (χ3n) is 4.95. The Morgan fingerprint density at radius 3 is 2.32 bits per heavy atom. The lowest BCUT2D eigenvalue weighted by Crippen LogP contribution is -2.37. The van der Waals surface area contributed by atoms with Crippen molar-refractivity contribution in [1.82, 2.24) is 9.47 Å². The second kappa shape index (κ2) is 8.79. The average Bonchev–Trinajstić information content (AvgIpc) is 3.14. The van der Waals surface area contributed by atoms with E-state index >= 15 is 0 Å². The lowest BCUT2D eigenvalue weighted by atomic mass is 10.1. The standard InChI is InChI=1S/C24H28N2O2/c1-18(2)26(24(27)21-11-13-23(28-4)14-12-21)17-22-6-5-15-25(22)16-20-9-7-19(3)8-10-20/h5-15,18H,16-17H2,1-4H3. The van der Waals surface area contributed by atoms with Crippen LogP contribution in [-0.2, 0) is 13.1 Å². The van der Waals surface area contributed by atoms with E-state index in [1.165, 1.54) is 11.1 Å². The van der Waals surface area contributed by atoms with Gasteiger partial charge < -0.3 is 14.2 Å². The average molecular weight is 377 g/mol. The maximum Gasteiger partial charge on any atom is 0.254 e. The van der Waals surface area contributed by atoms with E-state index in [0.717, 1.165) is 18.0 Å². The number of carbonyl (C=O) groups excluding carboxylic acids is 1. The Morgan fingerprint density at radius 2 is 1.71 bits per heavy atom. The summed E-state index contributed by atoms with van der Waals surface area (Å²) in [4.78, 5) is 15.0. The Labute approximate surface area is 167 Å². The van der Waals surface area contributed by atoms with Gasteiger partial charge in [0.1, 0.15) is 5.75 Å². The summed E-state index contributed by atoms with van der Waals surface area (Å²) in [6, 6.07) is 20.1. The van der Waals surface area contributed by atoms with Crippen molar-refractivity contribution in [3.8, 4) is 5.75 Å². The summed E-state index contributed by atoms with van der Waals surface area (Å²) in [5.74, 6) is 0.778. The Hall–Kier alpha value is -3.01. The molecule has 2 aromatic carbocycles. The molecule has 0 spiro atoms. The lowest BCUT2D eigenvalue weighted by molar-refractivity contribution is 0.0686. The van der Waals surface area contributed by atoms with Crippen molar-refractivity contribution in [1.29, 1.82) is 0 Å². The number of ether oxygens (including phenoxy) is 1. The molecule has 0 saturated heterocycles. The van der Waals surface area contributed by atoms with Gasteiger partial charge in [-0.3, -0.25) is 4.79 Å². The minimum absolute atomic E-state index is 0.0285. The van der Waals surface area contributed by atoms with Crippen molar-refractivity contribution in [2.75, 3.05) is 7.11 Å². The molecule has 0 unspecified atom stereocenters. The fourth-order valence-corrected chi connectivity index (χ4v) is 3.20. The minimum Gasteiger partial charge on any atom is -0.497 e. The second-order valence-corrected chi connectivity index (χ2v) is 7.37. The topological polar surface area (TPSA) is 34.5 Å². The molecule has 3 rings (SSSR count). The van der Waals surface area contributed by atoms with Gasteiger partial charge in [0.2, 0.25) is 0 Å². The summed E-state index contributed by atoms with van der Waals surface area (Å²) in [6.45, 7) is 7.56. The van der Waals surface area contributed by atoms with Gasteiger partial charge in [-0.15, -0.1) is 0 Å². The Kier molecular flexibility index (Phi) is 6.19. The fourth-order valence-electron chi connectivity index (χ4n) is 3.20. The largest absolute Gasteiger partial charge is 0.497 e. The Morgan fingerprint density at radius 1 is 1.04 bits per heavy atom. The Bertz CT molecular complexity index is 909. The highest BCUT2D eigenvalue weighted by atomic mass is 16.5. The van der Waals surface area contributed by atoms with E-state index in [2.05, 4.69) is 61.9 Å². The first-order valence-corrected chi connectivity index (χ1v) is 9.62. The van der Waals surface area contributed by atoms with E-state index in [4.69, 9.17) is 4.74 Å². The van der Waals surface area contributed by atoms with Gasteiger partial charge in [-0.25, -0.2) is 0 Å². The van der Waals surface area contributed by atoms with Gasteiger partial charge in [-0.1, -0.05) is 29.8 Å². The van der Waals surface area contributed by atoms with Crippen molar-refractivity contribution < 1.29 is 9.53 Å². The highest BCUT2D eigenvalue weighted by molar-refractivity contribution is 5.94. The molecule has 4 nitrogen and oxygen atoms in total. The molecular weight excluding hydrogens is 348 g/mol. The first kappa shape index (κ1) is 19.7. The quantitative estimate of drug-likeness (QED) is 0.587. The van der Waals surface area contributed by atoms with E-state index in [-0.39, 0.29) is 11.9 Å². The van der Waals surface area contributed by atoms with Crippen LogP contribution >= 0.6 is 0 Å². The van der Waals surface area contributed by atoms with Gasteiger partial charge in [-0.2, -0.15) is 0 Å². The lowest BCUT2D eigenvalue weighted by Gasteiger charge is -2.27. The van der Waals surface area contributed by atoms with Gasteiger partial charge >= 0.3 is 0 Å². The van der Waals surface area contributed by atoms with Gasteiger partial charge in [0.25, 0.3) is 5.91 Å². The molecular formula is C24H28N2O2. The van der Waals surface area contributed by atoms with Crippen LogP contribution in [0.4, 0.5) is 0 Å². The van der Waals surface area contributed by atoms with Crippen LogP contribution in [0.25, 0.3) is 0 Å². The number of amides is 1. The molecule has 28 heavy (non-hydrogen) atoms. The zero-order valence-corrected chi connectivity index (χ0v) is 17.1. The van der Waals surface area contributed by atoms with Crippen LogP contribution in [-0.4, -0.2) is 28.5 Å². The molecule has 0 saturated carbocycles. The smallest absolute Gasteiger partial charge is 0.254 e. The van der Waals surface area contributed by atoms with Crippen molar-refractivity contribution >= 4 is 5.91 Å². The van der Waals surface area contributed by atoms with Crippen LogP contribution in [0.2, 0.25) is 0 Å². The summed E-state index contributed by atoms with van der Waals surface area (Å²) >= 11 is 0. The van der Waals surface area contributed by atoms with Crippen molar-refractivity contribution in [2.45, 2.75) is 39.9 Å². The van der Waals surface area contributed by atoms with Gasteiger partial charge in [0.15, 0.2) is 0 Å². The molecule has 0 radical (unpaired) electrons. The van der Waals surface area contributed by atoms with E-state index in [1.54, 1.807) is 7.11 Å².